The Labute approximate surface area is 182 Å². The second kappa shape index (κ2) is 9.93. The lowest BCUT2D eigenvalue weighted by molar-refractivity contribution is -0.141. The van der Waals surface area contributed by atoms with Crippen LogP contribution in [0.3, 0.4) is 0 Å². The number of carbonyl (C=O) groups excluding carboxylic acids is 2. The standard InChI is InChI=1S/C22H27N3O5S/c1-23-22(27)20-14-17-11-12-19(24-31(28,29)30)13-18(17)15-25(20)21(26)10-6-5-9-16-7-3-2-4-8-16/h2-4,7-8,11-13,20,24H,5-6,9-10,14-15H2,1H3,(H,23,27)(H,28,29,30)/p-1/t20-/m0/s1. The van der Waals surface area contributed by atoms with Crippen molar-refractivity contribution < 1.29 is 22.6 Å². The molecule has 1 atom stereocenters. The average Bonchev–Trinajstić information content (AvgIpc) is 2.74. The summed E-state index contributed by atoms with van der Waals surface area (Å²) in [6.07, 6.45) is 3.10. The molecule has 2 aromatic rings. The predicted molar refractivity (Wildman–Crippen MR) is 116 cm³/mol. The minimum absolute atomic E-state index is 0.123. The second-order valence-electron chi connectivity index (χ2n) is 7.59. The fourth-order valence-electron chi connectivity index (χ4n) is 3.85. The van der Waals surface area contributed by atoms with Gasteiger partial charge in [-0.15, -0.1) is 0 Å². The number of amides is 2. The van der Waals surface area contributed by atoms with E-state index in [-0.39, 0.29) is 24.0 Å². The van der Waals surface area contributed by atoms with Gasteiger partial charge in [0, 0.05) is 32.1 Å². The Balaban J connectivity index is 1.69. The van der Waals surface area contributed by atoms with E-state index in [1.54, 1.807) is 17.0 Å². The highest BCUT2D eigenvalue weighted by molar-refractivity contribution is 7.87. The zero-order valence-corrected chi connectivity index (χ0v) is 18.2. The number of hydrogen-bond donors (Lipinski definition) is 2. The predicted octanol–water partition coefficient (Wildman–Crippen LogP) is 1.97. The molecule has 0 bridgehead atoms. The minimum Gasteiger partial charge on any atom is -0.731 e. The maximum Gasteiger partial charge on any atom is 0.242 e. The van der Waals surface area contributed by atoms with Gasteiger partial charge in [-0.1, -0.05) is 36.4 Å². The fraction of sp³-hybridized carbons (Fsp3) is 0.364. The molecule has 1 aliphatic rings. The van der Waals surface area contributed by atoms with Crippen LogP contribution in [0.1, 0.15) is 36.0 Å². The van der Waals surface area contributed by atoms with Crippen molar-refractivity contribution in [3.05, 3.63) is 65.2 Å². The average molecular weight is 445 g/mol. The van der Waals surface area contributed by atoms with Crippen molar-refractivity contribution >= 4 is 27.8 Å². The molecule has 1 aliphatic heterocycles. The van der Waals surface area contributed by atoms with Crippen LogP contribution in [0.15, 0.2) is 48.5 Å². The molecule has 8 nitrogen and oxygen atoms in total. The number of anilines is 1. The number of nitrogens with zero attached hydrogens (tertiary/aromatic N) is 1. The number of nitrogens with one attached hydrogen (secondary N) is 2. The zero-order chi connectivity index (χ0) is 22.4. The monoisotopic (exact) mass is 444 g/mol. The van der Waals surface area contributed by atoms with Gasteiger partial charge in [-0.2, -0.15) is 0 Å². The molecule has 2 amide bonds. The van der Waals surface area contributed by atoms with E-state index in [9.17, 15) is 22.6 Å². The number of hydrogen-bond acceptors (Lipinski definition) is 5. The molecule has 0 spiro atoms. The topological polar surface area (TPSA) is 119 Å². The third-order valence-electron chi connectivity index (χ3n) is 5.40. The molecule has 9 heteroatoms. The zero-order valence-electron chi connectivity index (χ0n) is 17.3. The lowest BCUT2D eigenvalue weighted by Gasteiger charge is -2.36. The number of benzene rings is 2. The van der Waals surface area contributed by atoms with Crippen LogP contribution in [-0.2, 0) is 39.3 Å². The maximum absolute atomic E-state index is 12.9. The molecule has 0 fully saturated rings. The van der Waals surface area contributed by atoms with E-state index < -0.39 is 16.3 Å². The Morgan fingerprint density at radius 1 is 1.10 bits per heavy atom. The lowest BCUT2D eigenvalue weighted by Crippen LogP contribution is -2.51. The largest absolute Gasteiger partial charge is 0.731 e. The Hall–Kier alpha value is -2.91. The van der Waals surface area contributed by atoms with Gasteiger partial charge in [-0.3, -0.25) is 14.3 Å². The molecule has 3 rings (SSSR count). The van der Waals surface area contributed by atoms with Crippen molar-refractivity contribution in [2.75, 3.05) is 11.8 Å². The first-order valence-electron chi connectivity index (χ1n) is 10.2. The highest BCUT2D eigenvalue weighted by atomic mass is 32.2. The molecular weight excluding hydrogens is 418 g/mol. The van der Waals surface area contributed by atoms with Gasteiger partial charge in [0.1, 0.15) is 6.04 Å². The Morgan fingerprint density at radius 2 is 1.84 bits per heavy atom. The SMILES string of the molecule is CNC(=O)[C@@H]1Cc2ccc(NS(=O)(=O)[O-])cc2CN1C(=O)CCCCc1ccccc1. The van der Waals surface area contributed by atoms with E-state index in [2.05, 4.69) is 17.4 Å². The van der Waals surface area contributed by atoms with Crippen LogP contribution >= 0.6 is 0 Å². The first-order chi connectivity index (χ1) is 14.8. The van der Waals surface area contributed by atoms with Crippen molar-refractivity contribution in [1.82, 2.24) is 10.2 Å². The normalized spacial score (nSPS) is 15.8. The van der Waals surface area contributed by atoms with Gasteiger partial charge in [0.2, 0.25) is 11.8 Å². The highest BCUT2D eigenvalue weighted by Gasteiger charge is 2.33. The van der Waals surface area contributed by atoms with Gasteiger partial charge in [0.05, 0.1) is 0 Å². The first-order valence-corrected chi connectivity index (χ1v) is 11.6. The number of rotatable bonds is 8. The van der Waals surface area contributed by atoms with E-state index in [0.717, 1.165) is 18.4 Å². The maximum atomic E-state index is 12.9. The summed E-state index contributed by atoms with van der Waals surface area (Å²) in [5, 5.41) is 2.62. The van der Waals surface area contributed by atoms with Gasteiger partial charge in [0.15, 0.2) is 10.3 Å². The molecule has 0 aromatic heterocycles. The van der Waals surface area contributed by atoms with Crippen LogP contribution in [0.2, 0.25) is 0 Å². The smallest absolute Gasteiger partial charge is 0.242 e. The third kappa shape index (κ3) is 6.28. The van der Waals surface area contributed by atoms with E-state index in [0.29, 0.717) is 24.8 Å². The molecule has 166 valence electrons. The van der Waals surface area contributed by atoms with Crippen LogP contribution in [0.4, 0.5) is 5.69 Å². The Kier molecular flexibility index (Phi) is 7.29. The van der Waals surface area contributed by atoms with Gasteiger partial charge in [-0.05, 0) is 48.1 Å². The summed E-state index contributed by atoms with van der Waals surface area (Å²) in [5.41, 5.74) is 2.92. The minimum atomic E-state index is -4.64. The number of unbranched alkanes of at least 4 members (excludes halogenated alkanes) is 1. The summed E-state index contributed by atoms with van der Waals surface area (Å²) in [6, 6.07) is 14.1. The third-order valence-corrected chi connectivity index (χ3v) is 5.88. The van der Waals surface area contributed by atoms with Crippen LogP contribution in [0.5, 0.6) is 0 Å². The first kappa shape index (κ1) is 22.8. The molecule has 0 radical (unpaired) electrons. The van der Waals surface area contributed by atoms with Crippen LogP contribution in [-0.4, -0.2) is 42.8 Å². The van der Waals surface area contributed by atoms with E-state index in [1.807, 2.05) is 22.9 Å². The van der Waals surface area contributed by atoms with E-state index in [4.69, 9.17) is 0 Å². The summed E-state index contributed by atoms with van der Waals surface area (Å²) in [7, 11) is -3.11. The van der Waals surface area contributed by atoms with Crippen molar-refractivity contribution in [2.24, 2.45) is 0 Å². The van der Waals surface area contributed by atoms with Crippen molar-refractivity contribution in [3.8, 4) is 0 Å². The lowest BCUT2D eigenvalue weighted by atomic mass is 9.92. The van der Waals surface area contributed by atoms with Crippen molar-refractivity contribution in [3.63, 3.8) is 0 Å². The molecule has 0 saturated carbocycles. The van der Waals surface area contributed by atoms with Crippen LogP contribution < -0.4 is 10.0 Å². The number of aryl methyl sites for hydroxylation is 1. The molecule has 0 aliphatic carbocycles. The summed E-state index contributed by atoms with van der Waals surface area (Å²) >= 11 is 0. The molecule has 2 aromatic carbocycles. The number of fused-ring (bicyclic) bond motifs is 1. The molecular formula is C22H26N3O5S-. The van der Waals surface area contributed by atoms with Crippen LogP contribution in [0.25, 0.3) is 0 Å². The Morgan fingerprint density at radius 3 is 2.52 bits per heavy atom. The van der Waals surface area contributed by atoms with Crippen LogP contribution in [0, 0.1) is 0 Å². The molecule has 0 saturated heterocycles. The van der Waals surface area contributed by atoms with Gasteiger partial charge in [-0.25, -0.2) is 8.42 Å². The van der Waals surface area contributed by atoms with Crippen molar-refractivity contribution in [1.29, 1.82) is 0 Å². The molecule has 1 heterocycles. The van der Waals surface area contributed by atoms with Gasteiger partial charge >= 0.3 is 0 Å². The highest BCUT2D eigenvalue weighted by Crippen LogP contribution is 2.27. The van der Waals surface area contributed by atoms with Gasteiger partial charge in [0.25, 0.3) is 0 Å². The van der Waals surface area contributed by atoms with Crippen molar-refractivity contribution in [2.45, 2.75) is 44.7 Å². The summed E-state index contributed by atoms with van der Waals surface area (Å²) < 4.78 is 34.9. The van der Waals surface area contributed by atoms with E-state index in [1.165, 1.54) is 18.7 Å². The molecule has 0 unspecified atom stereocenters. The van der Waals surface area contributed by atoms with E-state index >= 15 is 0 Å². The number of likely N-dealkylation sites (N-methyl/N-ethyl adjacent to an activating group) is 1. The molecule has 31 heavy (non-hydrogen) atoms. The Bertz CT molecular complexity index is 1040. The number of carbonyl (C=O) groups is 2. The quantitative estimate of drug-likeness (QED) is 0.477. The summed E-state index contributed by atoms with van der Waals surface area (Å²) in [6.45, 7) is 0.180. The summed E-state index contributed by atoms with van der Waals surface area (Å²) in [4.78, 5) is 26.9. The van der Waals surface area contributed by atoms with Gasteiger partial charge < -0.3 is 14.8 Å². The molecule has 2 N–H and O–H groups in total. The summed E-state index contributed by atoms with van der Waals surface area (Å²) in [5.74, 6) is -0.366. The fourth-order valence-corrected chi connectivity index (χ4v) is 4.26. The second-order valence-corrected chi connectivity index (χ2v) is 8.70.